The Kier molecular flexibility index (Phi) is 8.57. The largest absolute Gasteiger partial charge is 0.444 e. The topological polar surface area (TPSA) is 121 Å². The summed E-state index contributed by atoms with van der Waals surface area (Å²) in [4.78, 5) is 29.2. The van der Waals surface area contributed by atoms with Gasteiger partial charge in [0.2, 0.25) is 0 Å². The maximum atomic E-state index is 14.9. The molecule has 2 aromatic heterocycles. The number of nitrogens with zero attached hydrogens (tertiary/aromatic N) is 2. The number of carbonyl (C=O) groups excluding carboxylic acids is 2. The zero-order chi connectivity index (χ0) is 26.3. The zero-order valence-corrected chi connectivity index (χ0v) is 20.6. The maximum absolute atomic E-state index is 14.9. The Morgan fingerprint density at radius 2 is 1.97 bits per heavy atom. The predicted octanol–water partition coefficient (Wildman–Crippen LogP) is 4.05. The third kappa shape index (κ3) is 7.76. The number of alkyl carbamates (subject to hydrolysis) is 1. The lowest BCUT2D eigenvalue weighted by Gasteiger charge is -2.22. The van der Waals surface area contributed by atoms with Gasteiger partial charge < -0.3 is 20.7 Å². The second kappa shape index (κ2) is 11.6. The van der Waals surface area contributed by atoms with E-state index in [1.54, 1.807) is 39.8 Å². The lowest BCUT2D eigenvalue weighted by Crippen LogP contribution is -2.44. The number of aromatic nitrogens is 3. The Labute approximate surface area is 208 Å². The maximum Gasteiger partial charge on any atom is 0.407 e. The number of anilines is 1. The first-order valence-electron chi connectivity index (χ1n) is 11.5. The second-order valence-corrected chi connectivity index (χ2v) is 9.27. The van der Waals surface area contributed by atoms with Crippen molar-refractivity contribution < 1.29 is 23.1 Å². The third-order valence-corrected chi connectivity index (χ3v) is 4.92. The van der Waals surface area contributed by atoms with Crippen LogP contribution in [0.15, 0.2) is 42.7 Å². The van der Waals surface area contributed by atoms with Crippen molar-refractivity contribution >= 4 is 17.8 Å². The van der Waals surface area contributed by atoms with Gasteiger partial charge in [0.1, 0.15) is 22.9 Å². The van der Waals surface area contributed by atoms with E-state index in [-0.39, 0.29) is 29.4 Å². The number of ether oxygens (including phenoxy) is 1. The number of benzene rings is 1. The van der Waals surface area contributed by atoms with Gasteiger partial charge in [-0.25, -0.2) is 18.6 Å². The molecule has 0 aliphatic heterocycles. The highest BCUT2D eigenvalue weighted by Crippen LogP contribution is 2.25. The number of aromatic amines is 1. The molecule has 4 N–H and O–H groups in total. The van der Waals surface area contributed by atoms with Crippen molar-refractivity contribution in [3.63, 3.8) is 0 Å². The fraction of sp³-hybridized carbons (Fsp3) is 0.360. The van der Waals surface area contributed by atoms with Gasteiger partial charge in [-0.3, -0.25) is 9.89 Å². The minimum atomic E-state index is -0.697. The Bertz CT molecular complexity index is 1200. The number of hydrogen-bond donors (Lipinski definition) is 4. The van der Waals surface area contributed by atoms with Gasteiger partial charge in [0.15, 0.2) is 5.82 Å². The summed E-state index contributed by atoms with van der Waals surface area (Å²) in [6.45, 7) is 7.34. The fourth-order valence-corrected chi connectivity index (χ4v) is 3.30. The smallest absolute Gasteiger partial charge is 0.407 e. The number of pyridine rings is 1. The molecule has 0 aliphatic rings. The summed E-state index contributed by atoms with van der Waals surface area (Å²) in [6, 6.07) is 6.83. The number of amides is 2. The second-order valence-electron chi connectivity index (χ2n) is 9.27. The van der Waals surface area contributed by atoms with Crippen LogP contribution in [0.1, 0.15) is 43.6 Å². The summed E-state index contributed by atoms with van der Waals surface area (Å²) in [7, 11) is 0. The molecular formula is C25H30F2N6O3. The number of halogens is 2. The van der Waals surface area contributed by atoms with Crippen molar-refractivity contribution in [2.45, 2.75) is 45.8 Å². The number of nitrogens with one attached hydrogen (secondary N) is 4. The highest BCUT2D eigenvalue weighted by molar-refractivity contribution is 5.99. The SMILES string of the molecule is C[C@H](CNC(=O)c1cc(F)c(-c2cn[nH]c2)nc1NCCc1cccc(F)c1)NC(=O)OC(C)(C)C. The van der Waals surface area contributed by atoms with E-state index < -0.39 is 29.5 Å². The van der Waals surface area contributed by atoms with Crippen molar-refractivity contribution in [1.82, 2.24) is 25.8 Å². The molecule has 0 unspecified atom stereocenters. The van der Waals surface area contributed by atoms with Crippen LogP contribution in [0.25, 0.3) is 11.3 Å². The molecule has 3 rings (SSSR count). The summed E-state index contributed by atoms with van der Waals surface area (Å²) in [6.07, 6.45) is 2.76. The van der Waals surface area contributed by atoms with Crippen LogP contribution >= 0.6 is 0 Å². The number of carbonyl (C=O) groups is 2. The molecule has 1 aromatic carbocycles. The van der Waals surface area contributed by atoms with E-state index in [1.165, 1.54) is 24.5 Å². The van der Waals surface area contributed by atoms with Crippen molar-refractivity contribution in [3.05, 3.63) is 65.5 Å². The molecule has 9 nitrogen and oxygen atoms in total. The van der Waals surface area contributed by atoms with Crippen LogP contribution in [-0.2, 0) is 11.2 Å². The molecule has 2 amide bonds. The van der Waals surface area contributed by atoms with Crippen molar-refractivity contribution in [1.29, 1.82) is 0 Å². The highest BCUT2D eigenvalue weighted by atomic mass is 19.1. The third-order valence-electron chi connectivity index (χ3n) is 4.92. The molecular weight excluding hydrogens is 470 g/mol. The van der Waals surface area contributed by atoms with Crippen molar-refractivity contribution in [2.24, 2.45) is 0 Å². The summed E-state index contributed by atoms with van der Waals surface area (Å²) in [5.74, 6) is -1.46. The van der Waals surface area contributed by atoms with E-state index in [0.29, 0.717) is 18.5 Å². The van der Waals surface area contributed by atoms with Crippen molar-refractivity contribution in [2.75, 3.05) is 18.4 Å². The van der Waals surface area contributed by atoms with Crippen molar-refractivity contribution in [3.8, 4) is 11.3 Å². The van der Waals surface area contributed by atoms with Crippen LogP contribution in [0.3, 0.4) is 0 Å². The number of H-pyrrole nitrogens is 1. The molecule has 11 heteroatoms. The normalized spacial score (nSPS) is 12.1. The Morgan fingerprint density at radius 3 is 2.64 bits per heavy atom. The van der Waals surface area contributed by atoms with Gasteiger partial charge in [-0.1, -0.05) is 12.1 Å². The van der Waals surface area contributed by atoms with E-state index >= 15 is 0 Å². The molecule has 36 heavy (non-hydrogen) atoms. The molecule has 0 aliphatic carbocycles. The van der Waals surface area contributed by atoms with Crippen LogP contribution in [0.5, 0.6) is 0 Å². The molecule has 0 bridgehead atoms. The molecule has 0 saturated carbocycles. The molecule has 2 heterocycles. The minimum Gasteiger partial charge on any atom is -0.444 e. The summed E-state index contributed by atoms with van der Waals surface area (Å²) >= 11 is 0. The molecule has 3 aromatic rings. The van der Waals surface area contributed by atoms with Gasteiger partial charge in [-0.15, -0.1) is 0 Å². The lowest BCUT2D eigenvalue weighted by atomic mass is 10.1. The first kappa shape index (κ1) is 26.6. The Balaban J connectivity index is 1.72. The Hall–Kier alpha value is -4.02. The van der Waals surface area contributed by atoms with Crippen LogP contribution in [0, 0.1) is 11.6 Å². The number of hydrogen-bond acceptors (Lipinski definition) is 6. The van der Waals surface area contributed by atoms with Gasteiger partial charge in [0, 0.05) is 30.9 Å². The average Bonchev–Trinajstić information content (AvgIpc) is 3.31. The fourth-order valence-electron chi connectivity index (χ4n) is 3.30. The highest BCUT2D eigenvalue weighted by Gasteiger charge is 2.21. The predicted molar refractivity (Wildman–Crippen MR) is 132 cm³/mol. The first-order chi connectivity index (χ1) is 17.0. The summed E-state index contributed by atoms with van der Waals surface area (Å²) in [5.41, 5.74) is 0.534. The van der Waals surface area contributed by atoms with Crippen LogP contribution < -0.4 is 16.0 Å². The molecule has 0 fully saturated rings. The van der Waals surface area contributed by atoms with Gasteiger partial charge >= 0.3 is 6.09 Å². The molecule has 0 saturated heterocycles. The van der Waals surface area contributed by atoms with Gasteiger partial charge in [0.05, 0.1) is 11.8 Å². The van der Waals surface area contributed by atoms with E-state index in [9.17, 15) is 18.4 Å². The standard InChI is InChI=1S/C25H30F2N6O3/c1-15(32-24(35)36-25(2,3)4)12-29-23(34)19-11-20(27)21(17-13-30-31-14-17)33-22(19)28-9-8-16-6-5-7-18(26)10-16/h5-7,10-11,13-15H,8-9,12H2,1-4H3,(H,28,33)(H,29,34)(H,30,31)(H,32,35)/t15-/m1/s1. The first-order valence-corrected chi connectivity index (χ1v) is 11.5. The average molecular weight is 501 g/mol. The van der Waals surface area contributed by atoms with E-state index in [4.69, 9.17) is 4.74 Å². The monoisotopic (exact) mass is 500 g/mol. The van der Waals surface area contributed by atoms with Gasteiger partial charge in [-0.05, 0) is 57.9 Å². The van der Waals surface area contributed by atoms with Gasteiger partial charge in [0.25, 0.3) is 5.91 Å². The quantitative estimate of drug-likeness (QED) is 0.352. The van der Waals surface area contributed by atoms with Crippen LogP contribution in [-0.4, -0.2) is 51.9 Å². The molecule has 192 valence electrons. The minimum absolute atomic E-state index is 0.0107. The van der Waals surface area contributed by atoms with Crippen LogP contribution in [0.4, 0.5) is 19.4 Å². The Morgan fingerprint density at radius 1 is 1.19 bits per heavy atom. The van der Waals surface area contributed by atoms with E-state index in [2.05, 4.69) is 31.1 Å². The molecule has 0 radical (unpaired) electrons. The lowest BCUT2D eigenvalue weighted by molar-refractivity contribution is 0.0506. The summed E-state index contributed by atoms with van der Waals surface area (Å²) < 4.78 is 33.6. The van der Waals surface area contributed by atoms with Gasteiger partial charge in [-0.2, -0.15) is 5.10 Å². The van der Waals surface area contributed by atoms with E-state index in [0.717, 1.165) is 11.6 Å². The van der Waals surface area contributed by atoms with E-state index in [1.807, 2.05) is 0 Å². The van der Waals surface area contributed by atoms with Crippen LogP contribution in [0.2, 0.25) is 0 Å². The molecule has 0 spiro atoms. The zero-order valence-electron chi connectivity index (χ0n) is 20.6. The molecule has 1 atom stereocenters. The summed E-state index contributed by atoms with van der Waals surface area (Å²) in [5, 5.41) is 14.8. The number of rotatable bonds is 9.